The minimum atomic E-state index is -0.293. The zero-order valence-electron chi connectivity index (χ0n) is 17.4. The van der Waals surface area contributed by atoms with E-state index in [0.717, 1.165) is 16.3 Å². The van der Waals surface area contributed by atoms with Gasteiger partial charge in [0.05, 0.1) is 25.3 Å². The molecule has 1 heterocycles. The standard InChI is InChI=1S/C24H23N3O3S/c1-4-17-7-6-8-19(13-17)25-22(28)15-27(3)23(29)14-20-16-31-24(26-20)18-9-11-21(12-10-18)30-5-2/h1,6-13,16H,5,14-15H2,2-3H3,(H,25,28). The van der Waals surface area contributed by atoms with Gasteiger partial charge in [0.1, 0.15) is 10.8 Å². The molecule has 3 aromatic rings. The SMILES string of the molecule is C#Cc1cccc(NC(=O)CN(C)C(=O)Cc2csc(-c3ccc(OCC)cc3)n2)c1. The van der Waals surface area contributed by atoms with E-state index in [2.05, 4.69) is 16.2 Å². The van der Waals surface area contributed by atoms with E-state index in [1.54, 1.807) is 31.3 Å². The van der Waals surface area contributed by atoms with Gasteiger partial charge in [-0.1, -0.05) is 12.0 Å². The van der Waals surface area contributed by atoms with E-state index < -0.39 is 0 Å². The van der Waals surface area contributed by atoms with Crippen LogP contribution in [0.3, 0.4) is 0 Å². The first-order valence-electron chi connectivity index (χ1n) is 9.76. The Bertz CT molecular complexity index is 1100. The van der Waals surface area contributed by atoms with Crippen molar-refractivity contribution in [1.82, 2.24) is 9.88 Å². The van der Waals surface area contributed by atoms with Crippen molar-refractivity contribution in [3.8, 4) is 28.7 Å². The third kappa shape index (κ3) is 6.17. The summed E-state index contributed by atoms with van der Waals surface area (Å²) in [6.07, 6.45) is 5.50. The summed E-state index contributed by atoms with van der Waals surface area (Å²) in [7, 11) is 1.60. The number of carbonyl (C=O) groups excluding carboxylic acids is 2. The lowest BCUT2D eigenvalue weighted by Crippen LogP contribution is -2.35. The number of aromatic nitrogens is 1. The summed E-state index contributed by atoms with van der Waals surface area (Å²) >= 11 is 1.48. The highest BCUT2D eigenvalue weighted by Gasteiger charge is 2.16. The van der Waals surface area contributed by atoms with Gasteiger partial charge in [0.25, 0.3) is 0 Å². The van der Waals surface area contributed by atoms with Crippen molar-refractivity contribution in [3.63, 3.8) is 0 Å². The molecule has 6 nitrogen and oxygen atoms in total. The topological polar surface area (TPSA) is 71.5 Å². The van der Waals surface area contributed by atoms with Crippen LogP contribution in [0.1, 0.15) is 18.2 Å². The summed E-state index contributed by atoms with van der Waals surface area (Å²) < 4.78 is 5.45. The molecule has 2 aromatic carbocycles. The van der Waals surface area contributed by atoms with Crippen LogP contribution in [0.25, 0.3) is 10.6 Å². The minimum Gasteiger partial charge on any atom is -0.494 e. The van der Waals surface area contributed by atoms with E-state index >= 15 is 0 Å². The minimum absolute atomic E-state index is 0.0605. The number of benzene rings is 2. The number of terminal acetylenes is 1. The van der Waals surface area contributed by atoms with Crippen molar-refractivity contribution in [2.45, 2.75) is 13.3 Å². The molecule has 0 saturated carbocycles. The molecule has 0 aliphatic rings. The Morgan fingerprint density at radius 3 is 2.71 bits per heavy atom. The maximum absolute atomic E-state index is 12.5. The van der Waals surface area contributed by atoms with Crippen LogP contribution in [-0.2, 0) is 16.0 Å². The number of anilines is 1. The van der Waals surface area contributed by atoms with Crippen LogP contribution in [0.2, 0.25) is 0 Å². The largest absolute Gasteiger partial charge is 0.494 e. The zero-order valence-corrected chi connectivity index (χ0v) is 18.2. The molecule has 0 radical (unpaired) electrons. The number of ether oxygens (including phenoxy) is 1. The molecule has 1 aromatic heterocycles. The second kappa shape index (κ2) is 10.4. The molecule has 0 fully saturated rings. The van der Waals surface area contributed by atoms with Gasteiger partial charge in [-0.25, -0.2) is 4.98 Å². The van der Waals surface area contributed by atoms with Crippen LogP contribution in [0.5, 0.6) is 5.75 Å². The van der Waals surface area contributed by atoms with Gasteiger partial charge in [0.15, 0.2) is 0 Å². The predicted octanol–water partition coefficient (Wildman–Crippen LogP) is 3.83. The van der Waals surface area contributed by atoms with Crippen LogP contribution in [0, 0.1) is 12.3 Å². The van der Waals surface area contributed by atoms with E-state index in [1.165, 1.54) is 16.2 Å². The second-order valence-electron chi connectivity index (χ2n) is 6.80. The fraction of sp³-hybridized carbons (Fsp3) is 0.208. The lowest BCUT2D eigenvalue weighted by molar-refractivity contribution is -0.132. The third-order valence-corrected chi connectivity index (χ3v) is 5.36. The molecule has 2 amide bonds. The van der Waals surface area contributed by atoms with E-state index in [4.69, 9.17) is 11.2 Å². The molecule has 0 saturated heterocycles. The number of amides is 2. The molecule has 0 aliphatic heterocycles. The molecular weight excluding hydrogens is 410 g/mol. The smallest absolute Gasteiger partial charge is 0.243 e. The highest BCUT2D eigenvalue weighted by Crippen LogP contribution is 2.26. The first-order chi connectivity index (χ1) is 15.0. The summed E-state index contributed by atoms with van der Waals surface area (Å²) in [5.74, 6) is 2.85. The van der Waals surface area contributed by atoms with Gasteiger partial charge >= 0.3 is 0 Å². The van der Waals surface area contributed by atoms with Crippen LogP contribution in [0.4, 0.5) is 5.69 Å². The first kappa shape index (κ1) is 22.1. The summed E-state index contributed by atoms with van der Waals surface area (Å²) in [4.78, 5) is 30.7. The molecule has 0 unspecified atom stereocenters. The molecule has 0 spiro atoms. The maximum atomic E-state index is 12.5. The summed E-state index contributed by atoms with van der Waals surface area (Å²) in [5, 5.41) is 5.45. The monoisotopic (exact) mass is 433 g/mol. The maximum Gasteiger partial charge on any atom is 0.243 e. The fourth-order valence-corrected chi connectivity index (χ4v) is 3.69. The molecule has 0 atom stereocenters. The number of likely N-dealkylation sites (N-methyl/N-ethyl adjacent to an activating group) is 1. The van der Waals surface area contributed by atoms with Crippen molar-refractivity contribution in [3.05, 3.63) is 65.2 Å². The van der Waals surface area contributed by atoms with Gasteiger partial charge in [-0.05, 0) is 49.4 Å². The van der Waals surface area contributed by atoms with Crippen molar-refractivity contribution in [1.29, 1.82) is 0 Å². The Labute approximate surface area is 185 Å². The molecule has 158 valence electrons. The Balaban J connectivity index is 1.54. The van der Waals surface area contributed by atoms with Gasteiger partial charge in [0, 0.05) is 29.2 Å². The number of nitrogens with zero attached hydrogens (tertiary/aromatic N) is 2. The summed E-state index contributed by atoms with van der Waals surface area (Å²) in [6, 6.07) is 14.7. The molecule has 7 heteroatoms. The Morgan fingerprint density at radius 1 is 1.23 bits per heavy atom. The van der Waals surface area contributed by atoms with Crippen molar-refractivity contribution >= 4 is 28.8 Å². The zero-order chi connectivity index (χ0) is 22.2. The number of thiazole rings is 1. The average Bonchev–Trinajstić information content (AvgIpc) is 3.23. The van der Waals surface area contributed by atoms with E-state index in [9.17, 15) is 9.59 Å². The van der Waals surface area contributed by atoms with Gasteiger partial charge in [-0.2, -0.15) is 0 Å². The van der Waals surface area contributed by atoms with Crippen LogP contribution in [0.15, 0.2) is 53.9 Å². The van der Waals surface area contributed by atoms with Gasteiger partial charge in [-0.3, -0.25) is 9.59 Å². The molecule has 0 aliphatic carbocycles. The fourth-order valence-electron chi connectivity index (χ4n) is 2.86. The van der Waals surface area contributed by atoms with Crippen LogP contribution in [-0.4, -0.2) is 41.9 Å². The van der Waals surface area contributed by atoms with Gasteiger partial charge < -0.3 is 15.0 Å². The molecule has 3 rings (SSSR count). The first-order valence-corrected chi connectivity index (χ1v) is 10.6. The molecule has 0 bridgehead atoms. The van der Waals surface area contributed by atoms with Gasteiger partial charge in [0.2, 0.25) is 11.8 Å². The highest BCUT2D eigenvalue weighted by molar-refractivity contribution is 7.13. The van der Waals surface area contributed by atoms with Crippen molar-refractivity contribution in [2.24, 2.45) is 0 Å². The van der Waals surface area contributed by atoms with E-state index in [1.807, 2.05) is 36.6 Å². The molecule has 31 heavy (non-hydrogen) atoms. The highest BCUT2D eigenvalue weighted by atomic mass is 32.1. The van der Waals surface area contributed by atoms with E-state index in [0.29, 0.717) is 23.6 Å². The lowest BCUT2D eigenvalue weighted by atomic mass is 10.2. The normalized spacial score (nSPS) is 10.2. The Kier molecular flexibility index (Phi) is 7.41. The summed E-state index contributed by atoms with van der Waals surface area (Å²) in [5.41, 5.74) is 2.91. The number of hydrogen-bond acceptors (Lipinski definition) is 5. The van der Waals surface area contributed by atoms with Crippen LogP contribution < -0.4 is 10.1 Å². The average molecular weight is 434 g/mol. The molecular formula is C24H23N3O3S. The Hall–Kier alpha value is -3.63. The lowest BCUT2D eigenvalue weighted by Gasteiger charge is -2.16. The number of rotatable bonds is 8. The molecule has 1 N–H and O–H groups in total. The van der Waals surface area contributed by atoms with E-state index in [-0.39, 0.29) is 24.8 Å². The quantitative estimate of drug-likeness (QED) is 0.548. The summed E-state index contributed by atoms with van der Waals surface area (Å²) in [6.45, 7) is 2.50. The number of nitrogens with one attached hydrogen (secondary N) is 1. The van der Waals surface area contributed by atoms with Crippen molar-refractivity contribution in [2.75, 3.05) is 25.5 Å². The third-order valence-electron chi connectivity index (χ3n) is 4.42. The van der Waals surface area contributed by atoms with Crippen LogP contribution >= 0.6 is 11.3 Å². The Morgan fingerprint density at radius 2 is 2.00 bits per heavy atom. The number of hydrogen-bond donors (Lipinski definition) is 1. The van der Waals surface area contributed by atoms with Crippen molar-refractivity contribution < 1.29 is 14.3 Å². The predicted molar refractivity (Wildman–Crippen MR) is 123 cm³/mol. The number of carbonyl (C=O) groups is 2. The van der Waals surface area contributed by atoms with Gasteiger partial charge in [-0.15, -0.1) is 17.8 Å². The second-order valence-corrected chi connectivity index (χ2v) is 7.66.